The molecule has 0 radical (unpaired) electrons. The Labute approximate surface area is 383 Å². The number of hydrogen-bond donors (Lipinski definition) is 0. The lowest BCUT2D eigenvalue weighted by Crippen LogP contribution is -2.05. The molecule has 0 amide bonds. The molecule has 0 saturated carbocycles. The van der Waals surface area contributed by atoms with Gasteiger partial charge in [0, 0.05) is 38.4 Å². The van der Waals surface area contributed by atoms with Crippen molar-refractivity contribution in [2.24, 2.45) is 0 Å². The van der Waals surface area contributed by atoms with Gasteiger partial charge in [-0.2, -0.15) is 18.4 Å². The Balaban J connectivity index is 1.19. The highest BCUT2D eigenvalue weighted by molar-refractivity contribution is 6.13. The fourth-order valence-electron chi connectivity index (χ4n) is 9.57. The minimum atomic E-state index is -4.49. The molecule has 2 heterocycles. The molecule has 0 bridgehead atoms. The predicted molar refractivity (Wildman–Crippen MR) is 264 cm³/mol. The standard InChI is InChI=1S/C59H34F3N5/c1-36-30-43(59(60,61)62)21-25-46(36)42-20-29-56(66-53-10-6-4-8-47(53)50-32-41(18-27-55(50)66)39-16-22-44(64-2)23-17-39)52(33-42)49-26-24-45(65-3)34-58(49)67-54-11-7-5-9-48(54)51-31-40(19-28-57(51)67)38-14-12-37(35-63)13-15-38/h4-34H,1H3. The van der Waals surface area contributed by atoms with E-state index in [9.17, 15) is 18.4 Å². The van der Waals surface area contributed by atoms with Crippen LogP contribution in [0.2, 0.25) is 0 Å². The third-order valence-electron chi connectivity index (χ3n) is 12.8. The topological polar surface area (TPSA) is 42.4 Å². The Kier molecular flexibility index (Phi) is 9.59. The first-order valence-corrected chi connectivity index (χ1v) is 21.5. The number of para-hydroxylation sites is 2. The number of halogens is 3. The number of nitriles is 1. The van der Waals surface area contributed by atoms with Gasteiger partial charge in [-0.1, -0.05) is 109 Å². The molecule has 316 valence electrons. The van der Waals surface area contributed by atoms with E-state index in [4.69, 9.17) is 13.1 Å². The van der Waals surface area contributed by atoms with E-state index in [1.54, 1.807) is 13.0 Å². The Bertz CT molecular complexity index is 3950. The molecule has 0 saturated heterocycles. The summed E-state index contributed by atoms with van der Waals surface area (Å²) in [6, 6.07) is 62.1. The van der Waals surface area contributed by atoms with Crippen molar-refractivity contribution in [2.45, 2.75) is 13.1 Å². The van der Waals surface area contributed by atoms with Gasteiger partial charge in [0.1, 0.15) is 0 Å². The second-order valence-corrected chi connectivity index (χ2v) is 16.6. The summed E-state index contributed by atoms with van der Waals surface area (Å²) >= 11 is 0. The average Bonchev–Trinajstić information content (AvgIpc) is 3.88. The molecule has 2 aromatic heterocycles. The molecule has 0 aliphatic rings. The van der Waals surface area contributed by atoms with Crippen molar-refractivity contribution >= 4 is 55.0 Å². The molecule has 8 heteroatoms. The summed E-state index contributed by atoms with van der Waals surface area (Å²) in [5, 5.41) is 13.5. The molecule has 11 rings (SSSR count). The van der Waals surface area contributed by atoms with Crippen molar-refractivity contribution in [2.75, 3.05) is 0 Å². The number of fused-ring (bicyclic) bond motifs is 6. The molecular formula is C59H34F3N5. The van der Waals surface area contributed by atoms with Gasteiger partial charge in [0.15, 0.2) is 11.4 Å². The summed E-state index contributed by atoms with van der Waals surface area (Å²) in [7, 11) is 0. The lowest BCUT2D eigenvalue weighted by molar-refractivity contribution is -0.137. The van der Waals surface area contributed by atoms with Crippen LogP contribution in [0.3, 0.4) is 0 Å². The molecular weight excluding hydrogens is 836 g/mol. The summed E-state index contributed by atoms with van der Waals surface area (Å²) in [5.41, 5.74) is 13.8. The fourth-order valence-corrected chi connectivity index (χ4v) is 9.57. The number of benzene rings is 9. The number of aromatic nitrogens is 2. The average molecular weight is 870 g/mol. The highest BCUT2D eigenvalue weighted by atomic mass is 19.4. The van der Waals surface area contributed by atoms with Gasteiger partial charge in [-0.15, -0.1) is 0 Å². The van der Waals surface area contributed by atoms with Crippen LogP contribution in [-0.4, -0.2) is 9.13 Å². The van der Waals surface area contributed by atoms with E-state index in [-0.39, 0.29) is 0 Å². The first-order chi connectivity index (χ1) is 32.6. The molecule has 0 fully saturated rings. The summed E-state index contributed by atoms with van der Waals surface area (Å²) in [6.45, 7) is 17.3. The minimum absolute atomic E-state index is 0.448. The second kappa shape index (κ2) is 15.8. The maximum Gasteiger partial charge on any atom is 0.416 e. The first-order valence-electron chi connectivity index (χ1n) is 21.5. The van der Waals surface area contributed by atoms with Gasteiger partial charge in [0.25, 0.3) is 0 Å². The Morgan fingerprint density at radius 3 is 1.52 bits per heavy atom. The number of hydrogen-bond acceptors (Lipinski definition) is 1. The van der Waals surface area contributed by atoms with Crippen LogP contribution in [-0.2, 0) is 6.18 Å². The van der Waals surface area contributed by atoms with E-state index in [1.165, 1.54) is 6.07 Å². The molecule has 0 aliphatic carbocycles. The number of rotatable bonds is 6. The SMILES string of the molecule is [C-]#[N+]c1ccc(-c2ccc3c(c2)c2ccccc2n3-c2ccc(-c3ccc(C(F)(F)F)cc3C)cc2-c2ccc([N+]#[C-])cc2-n2c3ccccc3c3cc(-c4ccc(C#N)cc4)ccc32)cc1. The molecule has 11 aromatic rings. The maximum atomic E-state index is 14.0. The summed E-state index contributed by atoms with van der Waals surface area (Å²) in [4.78, 5) is 7.48. The van der Waals surface area contributed by atoms with Crippen molar-refractivity contribution in [1.29, 1.82) is 5.26 Å². The molecule has 0 unspecified atom stereocenters. The highest BCUT2D eigenvalue weighted by Crippen LogP contribution is 2.45. The number of alkyl halides is 3. The lowest BCUT2D eigenvalue weighted by Gasteiger charge is -2.21. The van der Waals surface area contributed by atoms with Crippen LogP contribution < -0.4 is 0 Å². The van der Waals surface area contributed by atoms with E-state index >= 15 is 0 Å². The van der Waals surface area contributed by atoms with E-state index < -0.39 is 11.7 Å². The van der Waals surface area contributed by atoms with E-state index in [0.717, 1.165) is 100.0 Å². The summed E-state index contributed by atoms with van der Waals surface area (Å²) in [5.74, 6) is 0. The van der Waals surface area contributed by atoms with Crippen LogP contribution in [0.15, 0.2) is 188 Å². The van der Waals surface area contributed by atoms with Gasteiger partial charge < -0.3 is 9.13 Å². The highest BCUT2D eigenvalue weighted by Gasteiger charge is 2.31. The molecule has 67 heavy (non-hydrogen) atoms. The van der Waals surface area contributed by atoms with E-state index in [1.807, 2.05) is 103 Å². The Hall–Kier alpha value is -9.16. The van der Waals surface area contributed by atoms with Crippen LogP contribution in [0.1, 0.15) is 16.7 Å². The van der Waals surface area contributed by atoms with E-state index in [0.29, 0.717) is 28.1 Å². The van der Waals surface area contributed by atoms with Gasteiger partial charge >= 0.3 is 6.18 Å². The third kappa shape index (κ3) is 6.86. The quantitative estimate of drug-likeness (QED) is 0.154. The Morgan fingerprint density at radius 1 is 0.448 bits per heavy atom. The number of aryl methyl sites for hydroxylation is 1. The monoisotopic (exact) mass is 869 g/mol. The Morgan fingerprint density at radius 2 is 0.955 bits per heavy atom. The molecule has 0 N–H and O–H groups in total. The van der Waals surface area contributed by atoms with Crippen LogP contribution in [0.25, 0.3) is 109 Å². The zero-order valence-electron chi connectivity index (χ0n) is 35.8. The molecule has 0 atom stereocenters. The van der Waals surface area contributed by atoms with Gasteiger partial charge in [0.2, 0.25) is 0 Å². The third-order valence-corrected chi connectivity index (χ3v) is 12.8. The van der Waals surface area contributed by atoms with Crippen LogP contribution in [0.5, 0.6) is 0 Å². The van der Waals surface area contributed by atoms with Crippen molar-refractivity contribution in [3.05, 3.63) is 228 Å². The first kappa shape index (κ1) is 40.6. The van der Waals surface area contributed by atoms with Crippen molar-refractivity contribution in [3.63, 3.8) is 0 Å². The van der Waals surface area contributed by atoms with Crippen molar-refractivity contribution in [3.8, 4) is 62.0 Å². The maximum absolute atomic E-state index is 14.0. The zero-order valence-corrected chi connectivity index (χ0v) is 35.8. The second-order valence-electron chi connectivity index (χ2n) is 16.6. The van der Waals surface area contributed by atoms with Gasteiger partial charge in [-0.3, -0.25) is 0 Å². The molecule has 9 aromatic carbocycles. The summed E-state index contributed by atoms with van der Waals surface area (Å²) in [6.07, 6.45) is -4.49. The van der Waals surface area contributed by atoms with Crippen molar-refractivity contribution < 1.29 is 13.2 Å². The smallest absolute Gasteiger partial charge is 0.310 e. The minimum Gasteiger partial charge on any atom is -0.310 e. The van der Waals surface area contributed by atoms with Gasteiger partial charge in [-0.05, 0) is 125 Å². The molecule has 5 nitrogen and oxygen atoms in total. The van der Waals surface area contributed by atoms with Crippen LogP contribution in [0, 0.1) is 31.4 Å². The van der Waals surface area contributed by atoms with E-state index in [2.05, 4.69) is 91.6 Å². The largest absolute Gasteiger partial charge is 0.416 e. The normalized spacial score (nSPS) is 11.5. The van der Waals surface area contributed by atoms with Crippen molar-refractivity contribution in [1.82, 2.24) is 9.13 Å². The summed E-state index contributed by atoms with van der Waals surface area (Å²) < 4.78 is 46.3. The number of nitrogens with zero attached hydrogens (tertiary/aromatic N) is 5. The zero-order chi connectivity index (χ0) is 46.0. The predicted octanol–water partition coefficient (Wildman–Crippen LogP) is 16.8. The molecule has 0 aliphatic heterocycles. The lowest BCUT2D eigenvalue weighted by atomic mass is 9.93. The molecule has 0 spiro atoms. The van der Waals surface area contributed by atoms with Gasteiger partial charge in [-0.25, -0.2) is 9.69 Å². The fraction of sp³-hybridized carbons (Fsp3) is 0.0339. The van der Waals surface area contributed by atoms with Crippen LogP contribution in [0.4, 0.5) is 24.5 Å². The van der Waals surface area contributed by atoms with Crippen LogP contribution >= 0.6 is 0 Å². The van der Waals surface area contributed by atoms with Gasteiger partial charge in [0.05, 0.1) is 58.1 Å².